The monoisotopic (exact) mass is 256 g/mol. The fourth-order valence-corrected chi connectivity index (χ4v) is 1.58. The number of halogens is 1. The molecule has 4 nitrogen and oxygen atoms in total. The molecule has 0 spiro atoms. The van der Waals surface area contributed by atoms with Crippen LogP contribution in [0.3, 0.4) is 0 Å². The van der Waals surface area contributed by atoms with Crippen LogP contribution in [0.1, 0.15) is 18.4 Å². The molecule has 0 aliphatic rings. The number of rotatable bonds is 6. The van der Waals surface area contributed by atoms with Crippen LogP contribution in [0.5, 0.6) is 5.75 Å². The highest BCUT2D eigenvalue weighted by molar-refractivity contribution is 6.31. The van der Waals surface area contributed by atoms with Gasteiger partial charge < -0.3 is 15.8 Å². The number of hydrogen-bond acceptors (Lipinski definition) is 3. The Balaban J connectivity index is 2.37. The molecule has 1 aromatic carbocycles. The Bertz CT molecular complexity index is 383. The zero-order chi connectivity index (χ0) is 12.7. The minimum absolute atomic E-state index is 0.0186. The molecule has 17 heavy (non-hydrogen) atoms. The lowest BCUT2D eigenvalue weighted by molar-refractivity contribution is -0.120. The van der Waals surface area contributed by atoms with Gasteiger partial charge in [-0.25, -0.2) is 0 Å². The average molecular weight is 257 g/mol. The largest absolute Gasteiger partial charge is 0.494 e. The lowest BCUT2D eigenvalue weighted by atomic mass is 10.2. The normalized spacial score (nSPS) is 10.1. The minimum atomic E-state index is 0.0186. The first-order valence-electron chi connectivity index (χ1n) is 5.49. The minimum Gasteiger partial charge on any atom is -0.494 e. The summed E-state index contributed by atoms with van der Waals surface area (Å²) in [5, 5.41) is 3.17. The SMILES string of the molecule is CNC(=O)CCCOc1ccc(CN)c(Cl)c1. The van der Waals surface area contributed by atoms with Crippen LogP contribution in [0.2, 0.25) is 5.02 Å². The van der Waals surface area contributed by atoms with E-state index in [9.17, 15) is 4.79 Å². The zero-order valence-electron chi connectivity index (χ0n) is 9.83. The van der Waals surface area contributed by atoms with Gasteiger partial charge in [0.25, 0.3) is 0 Å². The maximum Gasteiger partial charge on any atom is 0.219 e. The zero-order valence-corrected chi connectivity index (χ0v) is 10.6. The fourth-order valence-electron chi connectivity index (χ4n) is 1.33. The third-order valence-electron chi connectivity index (χ3n) is 2.34. The number of amides is 1. The van der Waals surface area contributed by atoms with Crippen LogP contribution in [-0.4, -0.2) is 19.6 Å². The molecule has 0 radical (unpaired) electrons. The third-order valence-corrected chi connectivity index (χ3v) is 2.69. The van der Waals surface area contributed by atoms with Crippen molar-refractivity contribution >= 4 is 17.5 Å². The maximum absolute atomic E-state index is 11.0. The van der Waals surface area contributed by atoms with E-state index in [1.54, 1.807) is 13.1 Å². The summed E-state index contributed by atoms with van der Waals surface area (Å²) < 4.78 is 5.48. The molecule has 1 rings (SSSR count). The standard InChI is InChI=1S/C12H17ClN2O2/c1-15-12(16)3-2-6-17-10-5-4-9(8-14)11(13)7-10/h4-5,7H,2-3,6,8,14H2,1H3,(H,15,16). The van der Waals surface area contributed by atoms with Gasteiger partial charge in [-0.05, 0) is 24.1 Å². The van der Waals surface area contributed by atoms with Gasteiger partial charge in [0.05, 0.1) is 6.61 Å². The first kappa shape index (κ1) is 13.8. The summed E-state index contributed by atoms with van der Waals surface area (Å²) in [4.78, 5) is 11.0. The van der Waals surface area contributed by atoms with Crippen LogP contribution in [0, 0.1) is 0 Å². The molecule has 0 bridgehead atoms. The number of nitrogens with two attached hydrogens (primary N) is 1. The van der Waals surface area contributed by atoms with E-state index in [-0.39, 0.29) is 5.91 Å². The van der Waals surface area contributed by atoms with Crippen molar-refractivity contribution in [2.24, 2.45) is 5.73 Å². The predicted octanol–water partition coefficient (Wildman–Crippen LogP) is 1.70. The van der Waals surface area contributed by atoms with E-state index in [4.69, 9.17) is 22.1 Å². The summed E-state index contributed by atoms with van der Waals surface area (Å²) in [6.07, 6.45) is 1.14. The molecular formula is C12H17ClN2O2. The van der Waals surface area contributed by atoms with Gasteiger partial charge in [0.15, 0.2) is 0 Å². The van der Waals surface area contributed by atoms with Gasteiger partial charge in [-0.15, -0.1) is 0 Å². The van der Waals surface area contributed by atoms with Crippen molar-refractivity contribution in [2.45, 2.75) is 19.4 Å². The molecule has 0 aliphatic carbocycles. The third kappa shape index (κ3) is 4.63. The number of carbonyl (C=O) groups is 1. The lowest BCUT2D eigenvalue weighted by Gasteiger charge is -2.08. The first-order valence-corrected chi connectivity index (χ1v) is 5.87. The highest BCUT2D eigenvalue weighted by Crippen LogP contribution is 2.22. The van der Waals surface area contributed by atoms with Gasteiger partial charge in [0.2, 0.25) is 5.91 Å². The van der Waals surface area contributed by atoms with Gasteiger partial charge in [0.1, 0.15) is 5.75 Å². The molecule has 1 amide bonds. The summed E-state index contributed by atoms with van der Waals surface area (Å²) in [6.45, 7) is 0.904. The molecule has 1 aromatic rings. The first-order chi connectivity index (χ1) is 8.17. The molecule has 0 saturated heterocycles. The van der Waals surface area contributed by atoms with E-state index in [1.807, 2.05) is 12.1 Å². The Morgan fingerprint density at radius 2 is 2.29 bits per heavy atom. The number of ether oxygens (including phenoxy) is 1. The van der Waals surface area contributed by atoms with Crippen LogP contribution in [0.15, 0.2) is 18.2 Å². The van der Waals surface area contributed by atoms with Crippen molar-refractivity contribution in [2.75, 3.05) is 13.7 Å². The van der Waals surface area contributed by atoms with Crippen molar-refractivity contribution in [1.29, 1.82) is 0 Å². The maximum atomic E-state index is 11.0. The topological polar surface area (TPSA) is 64.3 Å². The second-order valence-electron chi connectivity index (χ2n) is 3.58. The van der Waals surface area contributed by atoms with Crippen molar-refractivity contribution in [1.82, 2.24) is 5.32 Å². The van der Waals surface area contributed by atoms with E-state index in [0.717, 1.165) is 5.56 Å². The predicted molar refractivity (Wildman–Crippen MR) is 68.1 cm³/mol. The molecule has 3 N–H and O–H groups in total. The van der Waals surface area contributed by atoms with E-state index in [1.165, 1.54) is 0 Å². The average Bonchev–Trinajstić information content (AvgIpc) is 2.34. The van der Waals surface area contributed by atoms with Gasteiger partial charge in [-0.3, -0.25) is 4.79 Å². The molecule has 5 heteroatoms. The van der Waals surface area contributed by atoms with E-state index in [0.29, 0.717) is 36.8 Å². The van der Waals surface area contributed by atoms with Crippen LogP contribution in [0.25, 0.3) is 0 Å². The Hall–Kier alpha value is -1.26. The molecule has 0 aromatic heterocycles. The Morgan fingerprint density at radius 1 is 1.53 bits per heavy atom. The van der Waals surface area contributed by atoms with Crippen LogP contribution in [0.4, 0.5) is 0 Å². The van der Waals surface area contributed by atoms with Crippen molar-refractivity contribution in [3.63, 3.8) is 0 Å². The second-order valence-corrected chi connectivity index (χ2v) is 3.99. The molecule has 0 atom stereocenters. The summed E-state index contributed by atoms with van der Waals surface area (Å²) in [5.74, 6) is 0.717. The lowest BCUT2D eigenvalue weighted by Crippen LogP contribution is -2.18. The van der Waals surface area contributed by atoms with Crippen molar-refractivity contribution in [3.8, 4) is 5.75 Å². The Labute approximate surface area is 106 Å². The number of hydrogen-bond donors (Lipinski definition) is 2. The molecule has 0 aliphatic heterocycles. The number of nitrogens with one attached hydrogen (secondary N) is 1. The molecular weight excluding hydrogens is 240 g/mol. The van der Waals surface area contributed by atoms with E-state index in [2.05, 4.69) is 5.32 Å². The molecule has 0 saturated carbocycles. The van der Waals surface area contributed by atoms with Crippen LogP contribution >= 0.6 is 11.6 Å². The highest BCUT2D eigenvalue weighted by Gasteiger charge is 2.02. The smallest absolute Gasteiger partial charge is 0.219 e. The van der Waals surface area contributed by atoms with Crippen molar-refractivity contribution < 1.29 is 9.53 Å². The van der Waals surface area contributed by atoms with E-state index < -0.39 is 0 Å². The van der Waals surface area contributed by atoms with Crippen molar-refractivity contribution in [3.05, 3.63) is 28.8 Å². The molecule has 0 heterocycles. The molecule has 0 unspecified atom stereocenters. The van der Waals surface area contributed by atoms with E-state index >= 15 is 0 Å². The van der Waals surface area contributed by atoms with Gasteiger partial charge in [0, 0.05) is 25.0 Å². The summed E-state index contributed by atoms with van der Waals surface area (Å²) >= 11 is 5.99. The van der Waals surface area contributed by atoms with Crippen LogP contribution in [-0.2, 0) is 11.3 Å². The summed E-state index contributed by atoms with van der Waals surface area (Å²) in [7, 11) is 1.62. The van der Waals surface area contributed by atoms with Crippen LogP contribution < -0.4 is 15.8 Å². The fraction of sp³-hybridized carbons (Fsp3) is 0.417. The molecule has 0 fully saturated rings. The van der Waals surface area contributed by atoms with Gasteiger partial charge in [-0.2, -0.15) is 0 Å². The highest BCUT2D eigenvalue weighted by atomic mass is 35.5. The van der Waals surface area contributed by atoms with Gasteiger partial charge in [-0.1, -0.05) is 17.7 Å². The number of carbonyl (C=O) groups excluding carboxylic acids is 1. The Morgan fingerprint density at radius 3 is 2.88 bits per heavy atom. The number of benzene rings is 1. The quantitative estimate of drug-likeness (QED) is 0.762. The molecule has 94 valence electrons. The Kier molecular flexibility index (Phi) is 5.80. The summed E-state index contributed by atoms with van der Waals surface area (Å²) in [5.41, 5.74) is 6.39. The van der Waals surface area contributed by atoms with Gasteiger partial charge >= 0.3 is 0 Å². The summed E-state index contributed by atoms with van der Waals surface area (Å²) in [6, 6.07) is 5.41. The second kappa shape index (κ2) is 7.14.